The van der Waals surface area contributed by atoms with E-state index in [1.54, 1.807) is 0 Å². The Balaban J connectivity index is 0.00000400. The summed E-state index contributed by atoms with van der Waals surface area (Å²) in [6.45, 7) is 4.73. The molecule has 1 saturated carbocycles. The molecule has 0 heterocycles. The highest BCUT2D eigenvalue weighted by Gasteiger charge is 2.27. The van der Waals surface area contributed by atoms with Crippen molar-refractivity contribution in [3.63, 3.8) is 0 Å². The fourth-order valence-corrected chi connectivity index (χ4v) is 2.21. The third-order valence-electron chi connectivity index (χ3n) is 3.82. The molecule has 5 heteroatoms. The van der Waals surface area contributed by atoms with Crippen molar-refractivity contribution in [3.05, 3.63) is 0 Å². The molecule has 1 aliphatic rings. The Bertz CT molecular complexity index is 270. The lowest BCUT2D eigenvalue weighted by molar-refractivity contribution is 0.129. The van der Waals surface area contributed by atoms with Gasteiger partial charge in [0.25, 0.3) is 0 Å². The zero-order chi connectivity index (χ0) is 14.6. The van der Waals surface area contributed by atoms with Crippen LogP contribution in [0, 0.1) is 0 Å². The molecule has 0 unspecified atom stereocenters. The smallest absolute Gasteiger partial charge is 0.191 e. The van der Waals surface area contributed by atoms with Crippen molar-refractivity contribution in [1.82, 2.24) is 4.90 Å². The number of nitrogens with zero attached hydrogens (tertiary/aromatic N) is 2. The maximum Gasteiger partial charge on any atom is 0.191 e. The van der Waals surface area contributed by atoms with Crippen molar-refractivity contribution in [2.75, 3.05) is 26.8 Å². The second kappa shape index (κ2) is 13.6. The maximum absolute atomic E-state index is 5.91. The summed E-state index contributed by atoms with van der Waals surface area (Å²) in [5.41, 5.74) is 5.91. The average molecular weight is 411 g/mol. The van der Waals surface area contributed by atoms with Gasteiger partial charge < -0.3 is 15.4 Å². The van der Waals surface area contributed by atoms with Gasteiger partial charge in [0, 0.05) is 32.8 Å². The van der Waals surface area contributed by atoms with Crippen LogP contribution < -0.4 is 5.73 Å². The number of aliphatic imine (C=N–C) groups is 1. The number of hydrogen-bond donors (Lipinski definition) is 1. The Morgan fingerprint density at radius 1 is 1.10 bits per heavy atom. The van der Waals surface area contributed by atoms with Crippen LogP contribution in [0.4, 0.5) is 0 Å². The molecule has 0 bridgehead atoms. The van der Waals surface area contributed by atoms with Crippen molar-refractivity contribution < 1.29 is 4.74 Å². The largest absolute Gasteiger partial charge is 0.381 e. The number of rotatable bonds is 12. The van der Waals surface area contributed by atoms with Gasteiger partial charge in [-0.05, 0) is 25.7 Å². The minimum Gasteiger partial charge on any atom is -0.381 e. The first-order valence-corrected chi connectivity index (χ1v) is 8.36. The van der Waals surface area contributed by atoms with Gasteiger partial charge in [-0.3, -0.25) is 4.99 Å². The van der Waals surface area contributed by atoms with Crippen molar-refractivity contribution in [2.45, 2.75) is 70.8 Å². The molecule has 0 aromatic rings. The van der Waals surface area contributed by atoms with E-state index in [1.807, 2.05) is 7.05 Å². The van der Waals surface area contributed by atoms with E-state index in [4.69, 9.17) is 10.5 Å². The highest BCUT2D eigenvalue weighted by molar-refractivity contribution is 14.0. The second-order valence-electron chi connectivity index (χ2n) is 5.82. The highest BCUT2D eigenvalue weighted by atomic mass is 127. The zero-order valence-corrected chi connectivity index (χ0v) is 16.2. The van der Waals surface area contributed by atoms with Crippen LogP contribution in [0.25, 0.3) is 0 Å². The van der Waals surface area contributed by atoms with Gasteiger partial charge in [-0.2, -0.15) is 0 Å². The fourth-order valence-electron chi connectivity index (χ4n) is 2.21. The van der Waals surface area contributed by atoms with Crippen LogP contribution in [0.2, 0.25) is 0 Å². The predicted molar refractivity (Wildman–Crippen MR) is 102 cm³/mol. The third kappa shape index (κ3) is 11.2. The van der Waals surface area contributed by atoms with Crippen LogP contribution in [-0.2, 0) is 4.74 Å². The molecule has 0 radical (unpaired) electrons. The molecule has 4 nitrogen and oxygen atoms in total. The van der Waals surface area contributed by atoms with E-state index in [2.05, 4.69) is 16.8 Å². The molecular formula is C16H34IN3O. The van der Waals surface area contributed by atoms with Gasteiger partial charge in [-0.15, -0.1) is 24.0 Å². The summed E-state index contributed by atoms with van der Waals surface area (Å²) >= 11 is 0. The number of nitrogens with two attached hydrogens (primary N) is 1. The number of guanidine groups is 1. The Kier molecular flexibility index (Phi) is 13.6. The lowest BCUT2D eigenvalue weighted by Gasteiger charge is -2.16. The topological polar surface area (TPSA) is 50.9 Å². The summed E-state index contributed by atoms with van der Waals surface area (Å²) in [6.07, 6.45) is 11.4. The summed E-state index contributed by atoms with van der Waals surface area (Å²) in [7, 11) is 2.03. The molecule has 0 aromatic carbocycles. The molecule has 0 spiro atoms. The molecular weight excluding hydrogens is 377 g/mol. The number of halogens is 1. The van der Waals surface area contributed by atoms with Crippen molar-refractivity contribution in [2.24, 2.45) is 10.7 Å². The van der Waals surface area contributed by atoms with Gasteiger partial charge in [0.15, 0.2) is 5.96 Å². The standard InChI is InChI=1S/C16H33N3O.HI/c1-3-4-5-6-7-8-13-20-14-9-12-18-16(17)19(2)15-10-11-15;/h15H,3-14H2,1-2H3,(H2,17,18);1H. The van der Waals surface area contributed by atoms with Crippen LogP contribution >= 0.6 is 24.0 Å². The summed E-state index contributed by atoms with van der Waals surface area (Å²) in [6, 6.07) is 0.641. The summed E-state index contributed by atoms with van der Waals surface area (Å²) in [4.78, 5) is 6.49. The minimum atomic E-state index is 0. The van der Waals surface area contributed by atoms with Gasteiger partial charge in [0.05, 0.1) is 0 Å². The first-order valence-electron chi connectivity index (χ1n) is 8.36. The van der Waals surface area contributed by atoms with Gasteiger partial charge in [0.2, 0.25) is 0 Å². The number of ether oxygens (including phenoxy) is 1. The monoisotopic (exact) mass is 411 g/mol. The van der Waals surface area contributed by atoms with E-state index in [1.165, 1.54) is 51.4 Å². The molecule has 0 aliphatic heterocycles. The molecule has 21 heavy (non-hydrogen) atoms. The highest BCUT2D eigenvalue weighted by Crippen LogP contribution is 2.24. The van der Waals surface area contributed by atoms with E-state index < -0.39 is 0 Å². The van der Waals surface area contributed by atoms with Crippen molar-refractivity contribution >= 4 is 29.9 Å². The van der Waals surface area contributed by atoms with Crippen LogP contribution in [0.5, 0.6) is 0 Å². The lowest BCUT2D eigenvalue weighted by atomic mass is 10.1. The van der Waals surface area contributed by atoms with E-state index in [0.717, 1.165) is 26.2 Å². The molecule has 1 fully saturated rings. The quantitative estimate of drug-likeness (QED) is 0.230. The molecule has 0 aromatic heterocycles. The first-order chi connectivity index (χ1) is 9.75. The summed E-state index contributed by atoms with van der Waals surface area (Å²) < 4.78 is 5.62. The van der Waals surface area contributed by atoms with Crippen molar-refractivity contribution in [3.8, 4) is 0 Å². The van der Waals surface area contributed by atoms with Crippen LogP contribution in [0.1, 0.15) is 64.7 Å². The van der Waals surface area contributed by atoms with Crippen LogP contribution in [0.15, 0.2) is 4.99 Å². The van der Waals surface area contributed by atoms with E-state index in [-0.39, 0.29) is 24.0 Å². The van der Waals surface area contributed by atoms with Crippen molar-refractivity contribution in [1.29, 1.82) is 0 Å². The van der Waals surface area contributed by atoms with Gasteiger partial charge in [-0.25, -0.2) is 0 Å². The Labute approximate surface area is 147 Å². The van der Waals surface area contributed by atoms with Gasteiger partial charge in [0.1, 0.15) is 0 Å². The summed E-state index contributed by atoms with van der Waals surface area (Å²) in [5, 5.41) is 0. The lowest BCUT2D eigenvalue weighted by Crippen LogP contribution is -2.35. The van der Waals surface area contributed by atoms with Gasteiger partial charge in [-0.1, -0.05) is 39.0 Å². The summed E-state index contributed by atoms with van der Waals surface area (Å²) in [5.74, 6) is 0.684. The average Bonchev–Trinajstić information content (AvgIpc) is 3.28. The molecule has 1 rings (SSSR count). The van der Waals surface area contributed by atoms with E-state index in [9.17, 15) is 0 Å². The van der Waals surface area contributed by atoms with E-state index >= 15 is 0 Å². The Morgan fingerprint density at radius 2 is 1.71 bits per heavy atom. The normalized spacial score (nSPS) is 14.9. The number of hydrogen-bond acceptors (Lipinski definition) is 2. The molecule has 2 N–H and O–H groups in total. The molecule has 1 aliphatic carbocycles. The van der Waals surface area contributed by atoms with Gasteiger partial charge >= 0.3 is 0 Å². The molecule has 0 saturated heterocycles. The third-order valence-corrected chi connectivity index (χ3v) is 3.82. The van der Waals surface area contributed by atoms with Crippen LogP contribution in [0.3, 0.4) is 0 Å². The Hall–Kier alpha value is -0.0400. The predicted octanol–water partition coefficient (Wildman–Crippen LogP) is 3.78. The zero-order valence-electron chi connectivity index (χ0n) is 13.9. The van der Waals surface area contributed by atoms with Crippen LogP contribution in [-0.4, -0.2) is 43.7 Å². The Morgan fingerprint density at radius 3 is 2.38 bits per heavy atom. The first kappa shape index (κ1) is 21.0. The molecule has 126 valence electrons. The number of unbranched alkanes of at least 4 members (excludes halogenated alkanes) is 5. The minimum absolute atomic E-state index is 0. The fraction of sp³-hybridized carbons (Fsp3) is 0.938. The molecule has 0 amide bonds. The van der Waals surface area contributed by atoms with E-state index in [0.29, 0.717) is 12.0 Å². The SMILES string of the molecule is CCCCCCCCOCCCN=C(N)N(C)C1CC1.I. The second-order valence-corrected chi connectivity index (χ2v) is 5.82. The maximum atomic E-state index is 5.91. The molecule has 0 atom stereocenters.